The summed E-state index contributed by atoms with van der Waals surface area (Å²) in [6.07, 6.45) is 12.2. The summed E-state index contributed by atoms with van der Waals surface area (Å²) in [6.45, 7) is 12.9. The van der Waals surface area contributed by atoms with Crippen molar-refractivity contribution in [1.82, 2.24) is 5.32 Å². The van der Waals surface area contributed by atoms with E-state index < -0.39 is 0 Å². The van der Waals surface area contributed by atoms with Crippen molar-refractivity contribution in [2.24, 2.45) is 23.7 Å². The number of halogens is 2. The lowest BCUT2D eigenvalue weighted by atomic mass is 9.85. The summed E-state index contributed by atoms with van der Waals surface area (Å²) >= 11 is 12.0. The molecule has 0 aromatic carbocycles. The van der Waals surface area contributed by atoms with Gasteiger partial charge in [0.15, 0.2) is 0 Å². The molecule has 1 aliphatic rings. The Labute approximate surface area is 160 Å². The Hall–Kier alpha value is -0.140. The molecule has 0 saturated heterocycles. The van der Waals surface area contributed by atoms with Crippen LogP contribution in [-0.4, -0.2) is 5.50 Å². The highest BCUT2D eigenvalue weighted by Crippen LogP contribution is 2.35. The van der Waals surface area contributed by atoms with Gasteiger partial charge in [-0.2, -0.15) is 0 Å². The largest absolute Gasteiger partial charge is 0.373 e. The standard InChI is InChI=1S/C21H37Cl2N/c1-15-6-10-20(14-15)11-7-16(2)17(3)8-12-21(24-19(5)23)13-9-18(4)22/h12,15-17,19-20,24H,4,6-11,13-14H2,1-3,5H3/b21-12+/t15?,16-,17+,19+,20?/m0/s1. The summed E-state index contributed by atoms with van der Waals surface area (Å²) in [5.74, 6) is 3.41. The van der Waals surface area contributed by atoms with Crippen LogP contribution in [0.15, 0.2) is 23.4 Å². The summed E-state index contributed by atoms with van der Waals surface area (Å²) in [7, 11) is 0. The van der Waals surface area contributed by atoms with Crippen LogP contribution in [0.5, 0.6) is 0 Å². The van der Waals surface area contributed by atoms with Crippen molar-refractivity contribution in [1.29, 1.82) is 0 Å². The van der Waals surface area contributed by atoms with E-state index in [1.807, 2.05) is 6.92 Å². The van der Waals surface area contributed by atoms with Gasteiger partial charge in [0.25, 0.3) is 0 Å². The number of rotatable bonds is 11. The third-order valence-corrected chi connectivity index (χ3v) is 5.89. The fourth-order valence-corrected chi connectivity index (χ4v) is 3.92. The molecule has 1 fully saturated rings. The normalized spacial score (nSPS) is 25.3. The van der Waals surface area contributed by atoms with Crippen molar-refractivity contribution in [2.75, 3.05) is 0 Å². The lowest BCUT2D eigenvalue weighted by molar-refractivity contribution is 0.324. The van der Waals surface area contributed by atoms with E-state index in [0.29, 0.717) is 11.0 Å². The van der Waals surface area contributed by atoms with E-state index in [1.165, 1.54) is 37.8 Å². The summed E-state index contributed by atoms with van der Waals surface area (Å²) in [4.78, 5) is 0. The molecule has 0 aromatic rings. The minimum atomic E-state index is -0.0584. The highest BCUT2D eigenvalue weighted by atomic mass is 35.5. The van der Waals surface area contributed by atoms with Crippen LogP contribution in [0.25, 0.3) is 0 Å². The molecule has 1 saturated carbocycles. The van der Waals surface area contributed by atoms with Crippen molar-refractivity contribution in [3.8, 4) is 0 Å². The first-order valence-electron chi connectivity index (χ1n) is 9.70. The quantitative estimate of drug-likeness (QED) is 0.292. The number of nitrogens with one attached hydrogen (secondary N) is 1. The van der Waals surface area contributed by atoms with Gasteiger partial charge in [0.2, 0.25) is 0 Å². The van der Waals surface area contributed by atoms with E-state index in [1.54, 1.807) is 0 Å². The molecule has 2 unspecified atom stereocenters. The van der Waals surface area contributed by atoms with Gasteiger partial charge in [-0.1, -0.05) is 82.3 Å². The molecule has 0 bridgehead atoms. The smallest absolute Gasteiger partial charge is 0.0981 e. The average molecular weight is 374 g/mol. The molecule has 5 atom stereocenters. The van der Waals surface area contributed by atoms with Gasteiger partial charge in [-0.05, 0) is 56.3 Å². The maximum Gasteiger partial charge on any atom is 0.0981 e. The van der Waals surface area contributed by atoms with Gasteiger partial charge in [-0.25, -0.2) is 0 Å². The van der Waals surface area contributed by atoms with E-state index in [-0.39, 0.29) is 5.50 Å². The zero-order valence-electron chi connectivity index (χ0n) is 16.1. The van der Waals surface area contributed by atoms with Gasteiger partial charge < -0.3 is 5.32 Å². The van der Waals surface area contributed by atoms with Crippen molar-refractivity contribution < 1.29 is 0 Å². The molecule has 0 radical (unpaired) electrons. The highest BCUT2D eigenvalue weighted by Gasteiger charge is 2.22. The first-order valence-corrected chi connectivity index (χ1v) is 10.5. The predicted octanol–water partition coefficient (Wildman–Crippen LogP) is 7.46. The first-order chi connectivity index (χ1) is 11.3. The van der Waals surface area contributed by atoms with E-state index >= 15 is 0 Å². The Bertz CT molecular complexity index is 403. The monoisotopic (exact) mass is 373 g/mol. The molecular formula is C21H37Cl2N. The van der Waals surface area contributed by atoms with Gasteiger partial charge >= 0.3 is 0 Å². The Morgan fingerprint density at radius 2 is 1.92 bits per heavy atom. The molecule has 0 spiro atoms. The zero-order chi connectivity index (χ0) is 18.1. The molecule has 0 aliphatic heterocycles. The molecule has 1 rings (SSSR count). The molecule has 3 heteroatoms. The van der Waals surface area contributed by atoms with Crippen LogP contribution in [0.1, 0.15) is 79.1 Å². The summed E-state index contributed by atoms with van der Waals surface area (Å²) in [5.41, 5.74) is 1.14. The van der Waals surface area contributed by atoms with E-state index in [0.717, 1.165) is 37.0 Å². The van der Waals surface area contributed by atoms with E-state index in [9.17, 15) is 0 Å². The minimum Gasteiger partial charge on any atom is -0.373 e. The summed E-state index contributed by atoms with van der Waals surface area (Å²) in [6, 6.07) is 0. The van der Waals surface area contributed by atoms with Crippen LogP contribution in [0.3, 0.4) is 0 Å². The van der Waals surface area contributed by atoms with Gasteiger partial charge in [-0.3, -0.25) is 0 Å². The first kappa shape index (κ1) is 21.9. The van der Waals surface area contributed by atoms with Crippen LogP contribution in [0.2, 0.25) is 0 Å². The van der Waals surface area contributed by atoms with E-state index in [4.69, 9.17) is 23.2 Å². The fourth-order valence-electron chi connectivity index (χ4n) is 3.69. The topological polar surface area (TPSA) is 12.0 Å². The Morgan fingerprint density at radius 1 is 1.21 bits per heavy atom. The summed E-state index contributed by atoms with van der Waals surface area (Å²) < 4.78 is 0. The lowest BCUT2D eigenvalue weighted by Crippen LogP contribution is -2.20. The Morgan fingerprint density at radius 3 is 2.46 bits per heavy atom. The molecule has 140 valence electrons. The van der Waals surface area contributed by atoms with Crippen molar-refractivity contribution in [3.63, 3.8) is 0 Å². The second kappa shape index (κ2) is 11.5. The van der Waals surface area contributed by atoms with Gasteiger partial charge in [0.1, 0.15) is 0 Å². The molecule has 0 aromatic heterocycles. The van der Waals surface area contributed by atoms with Crippen LogP contribution < -0.4 is 5.32 Å². The van der Waals surface area contributed by atoms with E-state index in [2.05, 4.69) is 38.7 Å². The number of alkyl halides is 1. The average Bonchev–Trinajstić information content (AvgIpc) is 2.92. The molecule has 1 N–H and O–H groups in total. The van der Waals surface area contributed by atoms with Crippen LogP contribution >= 0.6 is 23.2 Å². The predicted molar refractivity (Wildman–Crippen MR) is 109 cm³/mol. The second-order valence-electron chi connectivity index (χ2n) is 8.06. The Kier molecular flexibility index (Phi) is 10.5. The maximum atomic E-state index is 6.09. The van der Waals surface area contributed by atoms with Crippen LogP contribution in [0, 0.1) is 23.7 Å². The number of hydrogen-bond donors (Lipinski definition) is 1. The molecule has 24 heavy (non-hydrogen) atoms. The van der Waals surface area contributed by atoms with Crippen LogP contribution in [0.4, 0.5) is 0 Å². The minimum absolute atomic E-state index is 0.0584. The van der Waals surface area contributed by atoms with Crippen molar-refractivity contribution in [2.45, 2.75) is 84.6 Å². The third kappa shape index (κ3) is 9.37. The molecule has 0 amide bonds. The fraction of sp³-hybridized carbons (Fsp3) is 0.810. The molecule has 0 heterocycles. The Balaban J connectivity index is 2.40. The van der Waals surface area contributed by atoms with Gasteiger partial charge in [0.05, 0.1) is 5.50 Å². The van der Waals surface area contributed by atoms with Gasteiger partial charge in [-0.15, -0.1) is 0 Å². The second-order valence-corrected chi connectivity index (χ2v) is 9.25. The zero-order valence-corrected chi connectivity index (χ0v) is 17.6. The molecule has 1 aliphatic carbocycles. The lowest BCUT2D eigenvalue weighted by Gasteiger charge is -2.21. The van der Waals surface area contributed by atoms with Gasteiger partial charge in [0, 0.05) is 10.7 Å². The van der Waals surface area contributed by atoms with Crippen molar-refractivity contribution in [3.05, 3.63) is 23.4 Å². The number of hydrogen-bond acceptors (Lipinski definition) is 1. The number of allylic oxidation sites excluding steroid dienone is 3. The molecule has 1 nitrogen and oxygen atoms in total. The maximum absolute atomic E-state index is 6.09. The van der Waals surface area contributed by atoms with Crippen LogP contribution in [-0.2, 0) is 0 Å². The van der Waals surface area contributed by atoms with Crippen molar-refractivity contribution >= 4 is 23.2 Å². The summed E-state index contributed by atoms with van der Waals surface area (Å²) in [5, 5.41) is 4.04. The highest BCUT2D eigenvalue weighted by molar-refractivity contribution is 6.29. The SMILES string of the molecule is C=C(Cl)CC/C(=C\C[C@@H](C)[C@@H](C)CCC1CCC(C)C1)N[C@H](C)Cl. The molecular weight excluding hydrogens is 337 g/mol. The third-order valence-electron chi connectivity index (χ3n) is 5.59.